The molecular formula is C23H25N2O3+. The first-order valence-electron chi connectivity index (χ1n) is 9.49. The van der Waals surface area contributed by atoms with E-state index < -0.39 is 0 Å². The summed E-state index contributed by atoms with van der Waals surface area (Å²) in [5, 5.41) is 0. The van der Waals surface area contributed by atoms with Gasteiger partial charge in [-0.3, -0.25) is 0 Å². The van der Waals surface area contributed by atoms with Crippen molar-refractivity contribution in [2.45, 2.75) is 25.8 Å². The fourth-order valence-corrected chi connectivity index (χ4v) is 3.41. The molecule has 28 heavy (non-hydrogen) atoms. The van der Waals surface area contributed by atoms with Crippen molar-refractivity contribution in [3.05, 3.63) is 80.8 Å². The Hall–Kier alpha value is -3.13. The number of aryl methyl sites for hydroxylation is 1. The Bertz CT molecular complexity index is 956. The van der Waals surface area contributed by atoms with Gasteiger partial charge in [0.2, 0.25) is 12.6 Å². The van der Waals surface area contributed by atoms with Gasteiger partial charge in [-0.25, -0.2) is 4.79 Å². The van der Waals surface area contributed by atoms with Gasteiger partial charge in [0.25, 0.3) is 0 Å². The SMILES string of the molecule is CCOC(=O)/C=C/c1ccc2c(c1)CCC2[N+](=O)CC1=C=C=C(N(C)C)C=C1. The van der Waals surface area contributed by atoms with Crippen LogP contribution in [-0.2, 0) is 16.0 Å². The molecule has 5 heteroatoms. The number of fused-ring (bicyclic) bond motifs is 1. The number of benzene rings is 1. The third kappa shape index (κ3) is 4.58. The fourth-order valence-electron chi connectivity index (χ4n) is 3.41. The quantitative estimate of drug-likeness (QED) is 0.314. The first-order chi connectivity index (χ1) is 13.5. The lowest BCUT2D eigenvalue weighted by molar-refractivity contribution is -0.584. The summed E-state index contributed by atoms with van der Waals surface area (Å²) in [6.07, 6.45) is 8.71. The van der Waals surface area contributed by atoms with Gasteiger partial charge in [0, 0.05) is 41.8 Å². The smallest absolute Gasteiger partial charge is 0.330 e. The average molecular weight is 377 g/mol. The van der Waals surface area contributed by atoms with Crippen molar-refractivity contribution in [1.82, 2.24) is 4.90 Å². The molecule has 2 aliphatic rings. The maximum atomic E-state index is 12.8. The molecule has 1 unspecified atom stereocenters. The van der Waals surface area contributed by atoms with Gasteiger partial charge in [-0.1, -0.05) is 23.9 Å². The van der Waals surface area contributed by atoms with Crippen LogP contribution in [0.2, 0.25) is 0 Å². The minimum absolute atomic E-state index is 0.153. The van der Waals surface area contributed by atoms with Crippen molar-refractivity contribution in [2.24, 2.45) is 0 Å². The van der Waals surface area contributed by atoms with E-state index in [-0.39, 0.29) is 12.0 Å². The maximum Gasteiger partial charge on any atom is 0.330 e. The number of carbonyl (C=O) groups excluding carboxylic acids is 1. The van der Waals surface area contributed by atoms with Crippen LogP contribution in [0.3, 0.4) is 0 Å². The Morgan fingerprint density at radius 2 is 2.14 bits per heavy atom. The summed E-state index contributed by atoms with van der Waals surface area (Å²) in [6, 6.07) is 5.82. The molecule has 3 rings (SSSR count). The first-order valence-corrected chi connectivity index (χ1v) is 9.49. The molecule has 0 amide bonds. The van der Waals surface area contributed by atoms with Crippen LogP contribution in [0.5, 0.6) is 0 Å². The molecule has 1 atom stereocenters. The number of allylic oxidation sites excluding steroid dienone is 1. The predicted octanol–water partition coefficient (Wildman–Crippen LogP) is 3.72. The van der Waals surface area contributed by atoms with Gasteiger partial charge >= 0.3 is 5.97 Å². The van der Waals surface area contributed by atoms with Crippen LogP contribution in [0.15, 0.2) is 59.2 Å². The van der Waals surface area contributed by atoms with Gasteiger partial charge < -0.3 is 9.64 Å². The minimum Gasteiger partial charge on any atom is -0.463 e. The molecule has 0 saturated carbocycles. The summed E-state index contributed by atoms with van der Waals surface area (Å²) < 4.78 is 6.03. The van der Waals surface area contributed by atoms with E-state index in [2.05, 4.69) is 11.5 Å². The zero-order chi connectivity index (χ0) is 20.1. The lowest BCUT2D eigenvalue weighted by atomic mass is 10.0. The number of hydrogen-bond acceptors (Lipinski definition) is 4. The Labute approximate surface area is 165 Å². The number of esters is 1. The molecule has 0 fully saturated rings. The first kappa shape index (κ1) is 19.6. The molecule has 0 bridgehead atoms. The van der Waals surface area contributed by atoms with Crippen molar-refractivity contribution < 1.29 is 14.3 Å². The van der Waals surface area contributed by atoms with Crippen molar-refractivity contribution in [2.75, 3.05) is 27.2 Å². The van der Waals surface area contributed by atoms with Gasteiger partial charge in [-0.05, 0) is 48.4 Å². The Morgan fingerprint density at radius 3 is 2.82 bits per heavy atom. The van der Waals surface area contributed by atoms with E-state index in [9.17, 15) is 9.70 Å². The Kier molecular flexibility index (Phi) is 6.10. The molecule has 2 aliphatic carbocycles. The molecule has 0 spiro atoms. The largest absolute Gasteiger partial charge is 0.463 e. The van der Waals surface area contributed by atoms with Crippen LogP contribution in [0.25, 0.3) is 6.08 Å². The molecule has 0 aromatic heterocycles. The van der Waals surface area contributed by atoms with Crippen LogP contribution in [-0.4, -0.2) is 42.9 Å². The lowest BCUT2D eigenvalue weighted by Gasteiger charge is -2.11. The molecule has 1 aromatic carbocycles. The third-order valence-corrected chi connectivity index (χ3v) is 4.86. The molecule has 0 radical (unpaired) electrons. The molecular weight excluding hydrogens is 352 g/mol. The van der Waals surface area contributed by atoms with Crippen LogP contribution in [0.1, 0.15) is 36.1 Å². The normalized spacial score (nSPS) is 17.3. The van der Waals surface area contributed by atoms with Gasteiger partial charge in [-0.2, -0.15) is 0 Å². The van der Waals surface area contributed by atoms with E-state index in [4.69, 9.17) is 4.74 Å². The molecule has 0 N–H and O–H groups in total. The van der Waals surface area contributed by atoms with E-state index in [0.29, 0.717) is 13.2 Å². The number of ether oxygens (including phenoxy) is 1. The van der Waals surface area contributed by atoms with Crippen molar-refractivity contribution >= 4 is 12.0 Å². The van der Waals surface area contributed by atoms with Crippen molar-refractivity contribution in [3.63, 3.8) is 0 Å². The maximum absolute atomic E-state index is 12.8. The van der Waals surface area contributed by atoms with Crippen LogP contribution < -0.4 is 0 Å². The second-order valence-corrected chi connectivity index (χ2v) is 7.06. The number of likely N-dealkylation sites (N-methyl/N-ethyl adjacent to an activating group) is 1. The Balaban J connectivity index is 1.71. The summed E-state index contributed by atoms with van der Waals surface area (Å²) in [4.78, 5) is 26.2. The molecule has 0 aliphatic heterocycles. The summed E-state index contributed by atoms with van der Waals surface area (Å²) in [7, 11) is 3.90. The second kappa shape index (κ2) is 8.71. The molecule has 1 aromatic rings. The van der Waals surface area contributed by atoms with E-state index in [1.54, 1.807) is 13.0 Å². The molecule has 5 nitrogen and oxygen atoms in total. The summed E-state index contributed by atoms with van der Waals surface area (Å²) >= 11 is 0. The highest BCUT2D eigenvalue weighted by Crippen LogP contribution is 2.34. The standard InChI is InChI=1S/C23H25N2O3/c1-4-28-23(26)14-8-17-7-12-21-19(15-17)9-13-22(21)25(27)16-18-5-10-20(11-6-18)24(2)3/h5,7-8,10,12,14-15,22H,4,9,13,16H2,1-3H3/q+1/b14-8+. The minimum atomic E-state index is -0.347. The van der Waals surface area contributed by atoms with Crippen LogP contribution >= 0.6 is 0 Å². The van der Waals surface area contributed by atoms with Crippen LogP contribution in [0.4, 0.5) is 0 Å². The van der Waals surface area contributed by atoms with Crippen LogP contribution in [0, 0.1) is 4.91 Å². The average Bonchev–Trinajstić information content (AvgIpc) is 3.10. The van der Waals surface area contributed by atoms with Gasteiger partial charge in [-0.15, -0.1) is 0 Å². The topological polar surface area (TPSA) is 49.6 Å². The highest BCUT2D eigenvalue weighted by atomic mass is 16.5. The second-order valence-electron chi connectivity index (χ2n) is 7.06. The van der Waals surface area contributed by atoms with E-state index in [1.165, 1.54) is 6.08 Å². The van der Waals surface area contributed by atoms with E-state index >= 15 is 0 Å². The van der Waals surface area contributed by atoms with Crippen molar-refractivity contribution in [1.29, 1.82) is 0 Å². The molecule has 0 saturated heterocycles. The number of rotatable bonds is 7. The summed E-state index contributed by atoms with van der Waals surface area (Å²) in [5.41, 5.74) is 11.1. The molecule has 144 valence electrons. The van der Waals surface area contributed by atoms with E-state index in [0.717, 1.165) is 45.6 Å². The summed E-state index contributed by atoms with van der Waals surface area (Å²) in [6.45, 7) is 2.43. The third-order valence-electron chi connectivity index (χ3n) is 4.86. The highest BCUT2D eigenvalue weighted by molar-refractivity contribution is 5.87. The highest BCUT2D eigenvalue weighted by Gasteiger charge is 2.34. The monoisotopic (exact) mass is 377 g/mol. The van der Waals surface area contributed by atoms with Gasteiger partial charge in [0.1, 0.15) is 0 Å². The molecule has 0 heterocycles. The number of hydrogen-bond donors (Lipinski definition) is 0. The number of nitroso groups, excluding NO2 is 1. The number of carbonyl (C=O) groups is 1. The van der Waals surface area contributed by atoms with Crippen molar-refractivity contribution in [3.8, 4) is 0 Å². The van der Waals surface area contributed by atoms with Gasteiger partial charge in [0.05, 0.1) is 17.9 Å². The predicted molar refractivity (Wildman–Crippen MR) is 109 cm³/mol. The Morgan fingerprint density at radius 1 is 1.32 bits per heavy atom. The fraction of sp³-hybridized carbons (Fsp3) is 0.348. The zero-order valence-electron chi connectivity index (χ0n) is 16.6. The zero-order valence-corrected chi connectivity index (χ0v) is 16.6. The van der Waals surface area contributed by atoms with Gasteiger partial charge in [0.15, 0.2) is 0 Å². The number of nitrogens with zero attached hydrogens (tertiary/aromatic N) is 2. The van der Waals surface area contributed by atoms with E-state index in [1.807, 2.05) is 49.3 Å². The summed E-state index contributed by atoms with van der Waals surface area (Å²) in [5.74, 6) is -0.347. The lowest BCUT2D eigenvalue weighted by Crippen LogP contribution is -2.17.